The summed E-state index contributed by atoms with van der Waals surface area (Å²) < 4.78 is 0. The van der Waals surface area contributed by atoms with Crippen molar-refractivity contribution in [3.05, 3.63) is 17.5 Å². The highest BCUT2D eigenvalue weighted by Crippen LogP contribution is 1.99. The molecule has 1 aromatic rings. The number of nitrogens with one attached hydrogen (secondary N) is 1. The number of H-pyrrole nitrogens is 1. The number of rotatable bonds is 4. The number of carbonyl (C=O) groups is 1. The number of hydrogen-bond acceptors (Lipinski definition) is 4. The molecule has 0 bridgehead atoms. The fraction of sp³-hybridized carbons (Fsp3) is 0.429. The lowest BCUT2D eigenvalue weighted by atomic mass is 10.2. The average Bonchev–Trinajstić information content (AvgIpc) is 2.52. The quantitative estimate of drug-likeness (QED) is 0.508. The number of aldehydes is 1. The molecule has 0 radical (unpaired) electrons. The van der Waals surface area contributed by atoms with Crippen LogP contribution in [0.25, 0.3) is 0 Å². The van der Waals surface area contributed by atoms with Gasteiger partial charge >= 0.3 is 0 Å². The third-order valence-corrected chi connectivity index (χ3v) is 1.48. The van der Waals surface area contributed by atoms with Crippen molar-refractivity contribution in [3.8, 4) is 0 Å². The number of aromatic amines is 1. The molecule has 5 heteroatoms. The summed E-state index contributed by atoms with van der Waals surface area (Å²) in [7, 11) is 0. The van der Waals surface area contributed by atoms with Gasteiger partial charge in [0.15, 0.2) is 6.29 Å². The maximum Gasteiger partial charge on any atom is 0.167 e. The summed E-state index contributed by atoms with van der Waals surface area (Å²) in [5, 5.41) is 15.0. The van der Waals surface area contributed by atoms with Crippen LogP contribution in [0.2, 0.25) is 0 Å². The van der Waals surface area contributed by atoms with E-state index in [1.54, 1.807) is 6.07 Å². The second-order valence-electron chi connectivity index (χ2n) is 2.58. The molecule has 1 heterocycles. The lowest BCUT2D eigenvalue weighted by Gasteiger charge is -2.03. The molecular formula is C7H11N3O2. The summed E-state index contributed by atoms with van der Waals surface area (Å²) in [5.74, 6) is 0. The predicted molar refractivity (Wildman–Crippen MR) is 42.7 cm³/mol. The molecular weight excluding hydrogens is 158 g/mol. The van der Waals surface area contributed by atoms with Gasteiger partial charge in [-0.15, -0.1) is 0 Å². The maximum atomic E-state index is 10.2. The van der Waals surface area contributed by atoms with E-state index in [0.717, 1.165) is 0 Å². The Bertz CT molecular complexity index is 259. The molecule has 0 aliphatic carbocycles. The molecule has 4 N–H and O–H groups in total. The zero-order valence-corrected chi connectivity index (χ0v) is 6.53. The normalized spacial score (nSPS) is 12.8. The van der Waals surface area contributed by atoms with Gasteiger partial charge in [0.1, 0.15) is 0 Å². The SMILES string of the molecule is N[C@@H](CO)Cc1cc(C=O)[nH]n1. The van der Waals surface area contributed by atoms with Crippen molar-refractivity contribution in [2.75, 3.05) is 6.61 Å². The van der Waals surface area contributed by atoms with Gasteiger partial charge in [0.2, 0.25) is 0 Å². The third-order valence-electron chi connectivity index (χ3n) is 1.48. The van der Waals surface area contributed by atoms with Crippen LogP contribution in [-0.4, -0.2) is 34.2 Å². The zero-order valence-electron chi connectivity index (χ0n) is 6.53. The van der Waals surface area contributed by atoms with Crippen LogP contribution in [-0.2, 0) is 6.42 Å². The second-order valence-corrected chi connectivity index (χ2v) is 2.58. The van der Waals surface area contributed by atoms with Crippen LogP contribution in [0.5, 0.6) is 0 Å². The van der Waals surface area contributed by atoms with Gasteiger partial charge in [0.05, 0.1) is 18.0 Å². The summed E-state index contributed by atoms with van der Waals surface area (Å²) in [6, 6.07) is 1.30. The highest BCUT2D eigenvalue weighted by atomic mass is 16.3. The Labute approximate surface area is 69.6 Å². The van der Waals surface area contributed by atoms with E-state index >= 15 is 0 Å². The van der Waals surface area contributed by atoms with E-state index in [0.29, 0.717) is 24.1 Å². The van der Waals surface area contributed by atoms with E-state index in [9.17, 15) is 4.79 Å². The molecule has 1 rings (SSSR count). The Balaban J connectivity index is 2.57. The van der Waals surface area contributed by atoms with Gasteiger partial charge in [-0.1, -0.05) is 0 Å². The van der Waals surface area contributed by atoms with Gasteiger partial charge in [0.25, 0.3) is 0 Å². The van der Waals surface area contributed by atoms with E-state index < -0.39 is 0 Å². The molecule has 0 saturated heterocycles. The number of nitrogens with two attached hydrogens (primary N) is 1. The summed E-state index contributed by atoms with van der Waals surface area (Å²) in [4.78, 5) is 10.2. The minimum Gasteiger partial charge on any atom is -0.395 e. The minimum absolute atomic E-state index is 0.0801. The van der Waals surface area contributed by atoms with Gasteiger partial charge in [-0.2, -0.15) is 5.10 Å². The van der Waals surface area contributed by atoms with Crippen LogP contribution in [0.15, 0.2) is 6.07 Å². The van der Waals surface area contributed by atoms with Gasteiger partial charge in [-0.3, -0.25) is 9.89 Å². The maximum absolute atomic E-state index is 10.2. The first-order valence-electron chi connectivity index (χ1n) is 3.62. The molecule has 0 fully saturated rings. The molecule has 1 aromatic heterocycles. The molecule has 0 aromatic carbocycles. The van der Waals surface area contributed by atoms with Gasteiger partial charge < -0.3 is 10.8 Å². The average molecular weight is 169 g/mol. The fourth-order valence-corrected chi connectivity index (χ4v) is 0.879. The van der Waals surface area contributed by atoms with E-state index in [-0.39, 0.29) is 12.6 Å². The standard InChI is InChI=1S/C7H11N3O2/c8-5(3-11)1-6-2-7(4-12)10-9-6/h2,4-5,11H,1,3,8H2,(H,9,10)/t5-/m1/s1. The van der Waals surface area contributed by atoms with Crippen molar-refractivity contribution in [3.63, 3.8) is 0 Å². The van der Waals surface area contributed by atoms with E-state index in [1.165, 1.54) is 0 Å². The van der Waals surface area contributed by atoms with E-state index in [4.69, 9.17) is 10.8 Å². The highest BCUT2D eigenvalue weighted by Gasteiger charge is 2.05. The largest absolute Gasteiger partial charge is 0.395 e. The van der Waals surface area contributed by atoms with Crippen molar-refractivity contribution < 1.29 is 9.90 Å². The molecule has 5 nitrogen and oxygen atoms in total. The van der Waals surface area contributed by atoms with Crippen molar-refractivity contribution >= 4 is 6.29 Å². The molecule has 0 aliphatic rings. The summed E-state index contributed by atoms with van der Waals surface area (Å²) >= 11 is 0. The fourth-order valence-electron chi connectivity index (χ4n) is 0.879. The first kappa shape index (κ1) is 8.89. The number of aliphatic hydroxyl groups is 1. The van der Waals surface area contributed by atoms with Gasteiger partial charge in [-0.25, -0.2) is 0 Å². The van der Waals surface area contributed by atoms with Crippen LogP contribution in [0.3, 0.4) is 0 Å². The number of aliphatic hydroxyl groups excluding tert-OH is 1. The Morgan fingerprint density at radius 3 is 3.08 bits per heavy atom. The molecule has 66 valence electrons. The molecule has 0 unspecified atom stereocenters. The second kappa shape index (κ2) is 3.99. The zero-order chi connectivity index (χ0) is 8.97. The lowest BCUT2D eigenvalue weighted by molar-refractivity contribution is 0.111. The predicted octanol–water partition coefficient (Wildman–Crippen LogP) is -0.916. The first-order chi connectivity index (χ1) is 5.76. The van der Waals surface area contributed by atoms with Crippen molar-refractivity contribution in [2.24, 2.45) is 5.73 Å². The molecule has 1 atom stereocenters. The van der Waals surface area contributed by atoms with Crippen LogP contribution in [0.4, 0.5) is 0 Å². The monoisotopic (exact) mass is 169 g/mol. The van der Waals surface area contributed by atoms with E-state index in [1.807, 2.05) is 0 Å². The van der Waals surface area contributed by atoms with Gasteiger partial charge in [0, 0.05) is 12.5 Å². The Hall–Kier alpha value is -1.20. The number of aromatic nitrogens is 2. The highest BCUT2D eigenvalue weighted by molar-refractivity contribution is 5.71. The topological polar surface area (TPSA) is 92.0 Å². The molecule has 0 spiro atoms. The molecule has 0 amide bonds. The van der Waals surface area contributed by atoms with Crippen LogP contribution in [0.1, 0.15) is 16.2 Å². The van der Waals surface area contributed by atoms with Crippen LogP contribution in [0, 0.1) is 0 Å². The third kappa shape index (κ3) is 2.14. The number of nitrogens with zero attached hydrogens (tertiary/aromatic N) is 1. The Morgan fingerprint density at radius 1 is 1.83 bits per heavy atom. The van der Waals surface area contributed by atoms with Crippen molar-refractivity contribution in [1.29, 1.82) is 0 Å². The van der Waals surface area contributed by atoms with Gasteiger partial charge in [-0.05, 0) is 6.07 Å². The Kier molecular flexibility index (Phi) is 2.95. The van der Waals surface area contributed by atoms with Crippen LogP contribution >= 0.6 is 0 Å². The lowest BCUT2D eigenvalue weighted by Crippen LogP contribution is -2.26. The smallest absolute Gasteiger partial charge is 0.167 e. The number of hydrogen-bond donors (Lipinski definition) is 3. The first-order valence-corrected chi connectivity index (χ1v) is 3.62. The van der Waals surface area contributed by atoms with Crippen LogP contribution < -0.4 is 5.73 Å². The van der Waals surface area contributed by atoms with E-state index in [2.05, 4.69) is 10.2 Å². The summed E-state index contributed by atoms with van der Waals surface area (Å²) in [5.41, 5.74) is 6.58. The summed E-state index contributed by atoms with van der Waals surface area (Å²) in [6.45, 7) is -0.0801. The minimum atomic E-state index is -0.312. The van der Waals surface area contributed by atoms with Crippen molar-refractivity contribution in [1.82, 2.24) is 10.2 Å². The molecule has 0 aliphatic heterocycles. The summed E-state index contributed by atoms with van der Waals surface area (Å²) in [6.07, 6.45) is 1.15. The number of carbonyl (C=O) groups excluding carboxylic acids is 1. The molecule has 12 heavy (non-hydrogen) atoms. The van der Waals surface area contributed by atoms with Crippen molar-refractivity contribution in [2.45, 2.75) is 12.5 Å². The Morgan fingerprint density at radius 2 is 2.58 bits per heavy atom. The molecule has 0 saturated carbocycles.